The number of likely N-dealkylation sites (tertiary alicyclic amines) is 2. The minimum absolute atomic E-state index is 0.0415. The number of piperidine rings is 1. The summed E-state index contributed by atoms with van der Waals surface area (Å²) in [4.78, 5) is 18.0. The molecule has 3 heteroatoms. The Kier molecular flexibility index (Phi) is 7.34. The molecule has 3 aromatic rings. The number of benzene rings is 3. The number of hydrogen-bond acceptors (Lipinski definition) is 2. The standard InChI is InChI=1S/C32H38N2O/c1-24-19-25(2)21-30(20-24)29-12-10-28(11-13-29)23-34-16-6-9-31(34)32(35)33-17-14-27(15-18-33)22-26-7-4-3-5-8-26/h3-5,7-8,10-13,19-21,27,31H,6,9,14-18,22-23H2,1-2H3. The average molecular weight is 467 g/mol. The van der Waals surface area contributed by atoms with Crippen LogP contribution in [0, 0.1) is 19.8 Å². The predicted octanol–water partition coefficient (Wildman–Crippen LogP) is 6.42. The Morgan fingerprint density at radius 2 is 1.46 bits per heavy atom. The summed E-state index contributed by atoms with van der Waals surface area (Å²) in [7, 11) is 0. The van der Waals surface area contributed by atoms with Crippen molar-refractivity contribution in [2.45, 2.75) is 58.5 Å². The van der Waals surface area contributed by atoms with E-state index >= 15 is 0 Å². The Hall–Kier alpha value is -2.91. The molecule has 3 aromatic carbocycles. The monoisotopic (exact) mass is 466 g/mol. The van der Waals surface area contributed by atoms with Crippen molar-refractivity contribution >= 4 is 5.91 Å². The third-order valence-corrected chi connectivity index (χ3v) is 7.84. The zero-order chi connectivity index (χ0) is 24.2. The smallest absolute Gasteiger partial charge is 0.239 e. The number of hydrogen-bond donors (Lipinski definition) is 0. The van der Waals surface area contributed by atoms with E-state index in [0.29, 0.717) is 11.8 Å². The van der Waals surface area contributed by atoms with Gasteiger partial charge in [0.15, 0.2) is 0 Å². The molecule has 0 saturated carbocycles. The highest BCUT2D eigenvalue weighted by Crippen LogP contribution is 2.28. The second-order valence-corrected chi connectivity index (χ2v) is 10.7. The minimum atomic E-state index is 0.0415. The van der Waals surface area contributed by atoms with Crippen LogP contribution in [0.3, 0.4) is 0 Å². The summed E-state index contributed by atoms with van der Waals surface area (Å²) >= 11 is 0. The van der Waals surface area contributed by atoms with Crippen molar-refractivity contribution in [1.82, 2.24) is 9.80 Å². The van der Waals surface area contributed by atoms with Crippen LogP contribution in [0.2, 0.25) is 0 Å². The molecular weight excluding hydrogens is 428 g/mol. The van der Waals surface area contributed by atoms with E-state index in [1.807, 2.05) is 0 Å². The van der Waals surface area contributed by atoms with E-state index < -0.39 is 0 Å². The molecule has 2 heterocycles. The highest BCUT2D eigenvalue weighted by Gasteiger charge is 2.35. The van der Waals surface area contributed by atoms with Gasteiger partial charge in [0, 0.05) is 19.6 Å². The number of rotatable bonds is 6. The first-order chi connectivity index (χ1) is 17.0. The normalized spacial score (nSPS) is 19.3. The van der Waals surface area contributed by atoms with Crippen LogP contribution in [-0.4, -0.2) is 41.4 Å². The van der Waals surface area contributed by atoms with Crippen LogP contribution < -0.4 is 0 Å². The molecule has 182 valence electrons. The summed E-state index contributed by atoms with van der Waals surface area (Å²) in [6.45, 7) is 7.99. The van der Waals surface area contributed by atoms with Gasteiger partial charge in [0.1, 0.15) is 0 Å². The van der Waals surface area contributed by atoms with Crippen LogP contribution in [-0.2, 0) is 17.8 Å². The summed E-state index contributed by atoms with van der Waals surface area (Å²) in [5.74, 6) is 1.05. The second kappa shape index (κ2) is 10.8. The lowest BCUT2D eigenvalue weighted by Crippen LogP contribution is -2.48. The number of nitrogens with zero attached hydrogens (tertiary/aromatic N) is 2. The Labute approximate surface area is 210 Å². The van der Waals surface area contributed by atoms with Gasteiger partial charge in [0.25, 0.3) is 0 Å². The molecule has 0 bridgehead atoms. The number of amides is 1. The predicted molar refractivity (Wildman–Crippen MR) is 144 cm³/mol. The van der Waals surface area contributed by atoms with Gasteiger partial charge in [-0.2, -0.15) is 0 Å². The topological polar surface area (TPSA) is 23.6 Å². The molecule has 2 saturated heterocycles. The van der Waals surface area contributed by atoms with Crippen LogP contribution in [0.5, 0.6) is 0 Å². The highest BCUT2D eigenvalue weighted by atomic mass is 16.2. The fourth-order valence-electron chi connectivity index (χ4n) is 5.99. The van der Waals surface area contributed by atoms with E-state index in [9.17, 15) is 4.79 Å². The van der Waals surface area contributed by atoms with Crippen molar-refractivity contribution < 1.29 is 4.79 Å². The fraction of sp³-hybridized carbons (Fsp3) is 0.406. The van der Waals surface area contributed by atoms with E-state index in [4.69, 9.17) is 0 Å². The quantitative estimate of drug-likeness (QED) is 0.419. The van der Waals surface area contributed by atoms with Crippen molar-refractivity contribution in [2.24, 2.45) is 5.92 Å². The summed E-state index contributed by atoms with van der Waals surface area (Å²) in [5, 5.41) is 0. The first-order valence-electron chi connectivity index (χ1n) is 13.3. The Balaban J connectivity index is 1.17. The van der Waals surface area contributed by atoms with Gasteiger partial charge in [-0.15, -0.1) is 0 Å². The molecule has 0 aliphatic carbocycles. The summed E-state index contributed by atoms with van der Waals surface area (Å²) in [5.41, 5.74) is 7.84. The summed E-state index contributed by atoms with van der Waals surface area (Å²) in [6.07, 6.45) is 5.47. The molecule has 1 atom stereocenters. The second-order valence-electron chi connectivity index (χ2n) is 10.7. The van der Waals surface area contributed by atoms with Crippen LogP contribution in [0.1, 0.15) is 47.9 Å². The van der Waals surface area contributed by atoms with Crippen molar-refractivity contribution in [2.75, 3.05) is 19.6 Å². The lowest BCUT2D eigenvalue weighted by molar-refractivity contribution is -0.137. The van der Waals surface area contributed by atoms with Gasteiger partial charge in [-0.25, -0.2) is 0 Å². The minimum Gasteiger partial charge on any atom is -0.341 e. The molecule has 35 heavy (non-hydrogen) atoms. The zero-order valence-corrected chi connectivity index (χ0v) is 21.2. The first kappa shape index (κ1) is 23.8. The van der Waals surface area contributed by atoms with Gasteiger partial charge in [-0.3, -0.25) is 9.69 Å². The van der Waals surface area contributed by atoms with Crippen molar-refractivity contribution in [3.05, 3.63) is 95.1 Å². The fourth-order valence-corrected chi connectivity index (χ4v) is 5.99. The molecule has 2 aliphatic heterocycles. The number of carbonyl (C=O) groups is 1. The van der Waals surface area contributed by atoms with Crippen LogP contribution >= 0.6 is 0 Å². The Bertz CT molecular complexity index is 1110. The van der Waals surface area contributed by atoms with E-state index in [2.05, 4.69) is 96.4 Å². The lowest BCUT2D eigenvalue weighted by Gasteiger charge is -2.35. The van der Waals surface area contributed by atoms with E-state index in [1.165, 1.54) is 33.4 Å². The van der Waals surface area contributed by atoms with Gasteiger partial charge >= 0.3 is 0 Å². The SMILES string of the molecule is Cc1cc(C)cc(-c2ccc(CN3CCCC3C(=O)N3CCC(Cc4ccccc4)CC3)cc2)c1. The van der Waals surface area contributed by atoms with Crippen LogP contribution in [0.4, 0.5) is 0 Å². The molecule has 0 N–H and O–H groups in total. The van der Waals surface area contributed by atoms with Crippen LogP contribution in [0.25, 0.3) is 11.1 Å². The van der Waals surface area contributed by atoms with Gasteiger partial charge in [0.05, 0.1) is 6.04 Å². The van der Waals surface area contributed by atoms with Crippen molar-refractivity contribution in [3.63, 3.8) is 0 Å². The molecule has 1 amide bonds. The Morgan fingerprint density at radius 3 is 2.14 bits per heavy atom. The number of aryl methyl sites for hydroxylation is 2. The molecule has 1 unspecified atom stereocenters. The number of carbonyl (C=O) groups excluding carboxylic acids is 1. The van der Waals surface area contributed by atoms with Crippen molar-refractivity contribution in [1.29, 1.82) is 0 Å². The maximum Gasteiger partial charge on any atom is 0.239 e. The van der Waals surface area contributed by atoms with Gasteiger partial charge in [-0.1, -0.05) is 83.9 Å². The Morgan fingerprint density at radius 1 is 0.771 bits per heavy atom. The first-order valence-corrected chi connectivity index (χ1v) is 13.3. The third kappa shape index (κ3) is 5.85. The van der Waals surface area contributed by atoms with Crippen LogP contribution in [0.15, 0.2) is 72.8 Å². The van der Waals surface area contributed by atoms with E-state index in [-0.39, 0.29) is 6.04 Å². The molecule has 3 nitrogen and oxygen atoms in total. The van der Waals surface area contributed by atoms with Gasteiger partial charge < -0.3 is 4.90 Å². The van der Waals surface area contributed by atoms with E-state index in [0.717, 1.165) is 58.3 Å². The molecule has 2 aliphatic rings. The summed E-state index contributed by atoms with van der Waals surface area (Å²) in [6, 6.07) is 26.5. The molecular formula is C32H38N2O. The van der Waals surface area contributed by atoms with Crippen molar-refractivity contribution in [3.8, 4) is 11.1 Å². The molecule has 0 radical (unpaired) electrons. The average Bonchev–Trinajstić information content (AvgIpc) is 3.33. The molecule has 0 aromatic heterocycles. The summed E-state index contributed by atoms with van der Waals surface area (Å²) < 4.78 is 0. The molecule has 0 spiro atoms. The molecule has 5 rings (SSSR count). The third-order valence-electron chi connectivity index (χ3n) is 7.84. The molecule has 2 fully saturated rings. The highest BCUT2D eigenvalue weighted by molar-refractivity contribution is 5.82. The van der Waals surface area contributed by atoms with E-state index in [1.54, 1.807) is 0 Å². The maximum atomic E-state index is 13.5. The maximum absolute atomic E-state index is 13.5. The van der Waals surface area contributed by atoms with Gasteiger partial charge in [-0.05, 0) is 80.7 Å². The lowest BCUT2D eigenvalue weighted by atomic mass is 9.90. The zero-order valence-electron chi connectivity index (χ0n) is 21.2. The van der Waals surface area contributed by atoms with Gasteiger partial charge in [0.2, 0.25) is 5.91 Å². The largest absolute Gasteiger partial charge is 0.341 e.